The Bertz CT molecular complexity index is 682. The fourth-order valence-corrected chi connectivity index (χ4v) is 2.35. The molecule has 8 nitrogen and oxygen atoms in total. The van der Waals surface area contributed by atoms with E-state index < -0.39 is 29.8 Å². The van der Waals surface area contributed by atoms with Crippen LogP contribution in [-0.2, 0) is 19.1 Å². The smallest absolute Gasteiger partial charge is 0.321 e. The van der Waals surface area contributed by atoms with E-state index >= 15 is 0 Å². The molecule has 148 valence electrons. The normalized spacial score (nSPS) is 11.4. The van der Waals surface area contributed by atoms with Gasteiger partial charge in [0.2, 0.25) is 5.91 Å². The maximum atomic E-state index is 12.8. The van der Waals surface area contributed by atoms with Crippen molar-refractivity contribution in [2.24, 2.45) is 0 Å². The van der Waals surface area contributed by atoms with Crippen LogP contribution in [0.4, 0.5) is 14.9 Å². The van der Waals surface area contributed by atoms with Crippen LogP contribution in [0.5, 0.6) is 0 Å². The number of rotatable bonds is 8. The Morgan fingerprint density at radius 1 is 1.07 bits per heavy atom. The molecule has 0 aliphatic rings. The standard InChI is InChI=1S/C17H22FN3O5S/c1-10(2)19-17(25)21-16(24)11(3)26-15(23)9-27-8-14(22)20-13-6-4-12(18)5-7-13/h4-7,10-11H,8-9H2,1-3H3,(H,20,22)(H2,19,21,24,25)/t11-/m1/s1. The van der Waals surface area contributed by atoms with Gasteiger partial charge in [-0.25, -0.2) is 9.18 Å². The number of hydrogen-bond acceptors (Lipinski definition) is 6. The number of imide groups is 1. The van der Waals surface area contributed by atoms with Gasteiger partial charge in [0.1, 0.15) is 5.82 Å². The zero-order chi connectivity index (χ0) is 20.4. The van der Waals surface area contributed by atoms with Crippen LogP contribution < -0.4 is 16.0 Å². The number of esters is 1. The quantitative estimate of drug-likeness (QED) is 0.573. The second-order valence-electron chi connectivity index (χ2n) is 5.80. The summed E-state index contributed by atoms with van der Waals surface area (Å²) in [6.07, 6.45) is -1.15. The topological polar surface area (TPSA) is 114 Å². The summed E-state index contributed by atoms with van der Waals surface area (Å²) in [5, 5.41) is 7.08. The summed E-state index contributed by atoms with van der Waals surface area (Å²) < 4.78 is 17.7. The first-order valence-electron chi connectivity index (χ1n) is 8.11. The van der Waals surface area contributed by atoms with Crippen molar-refractivity contribution >= 4 is 41.3 Å². The number of nitrogens with one attached hydrogen (secondary N) is 3. The number of carbonyl (C=O) groups is 4. The van der Waals surface area contributed by atoms with E-state index in [1.54, 1.807) is 13.8 Å². The third-order valence-corrected chi connectivity index (χ3v) is 3.82. The molecule has 1 aromatic rings. The first-order valence-corrected chi connectivity index (χ1v) is 9.27. The maximum Gasteiger partial charge on any atom is 0.321 e. The van der Waals surface area contributed by atoms with Crippen molar-refractivity contribution < 1.29 is 28.3 Å². The number of halogens is 1. The molecule has 10 heteroatoms. The highest BCUT2D eigenvalue weighted by Crippen LogP contribution is 2.10. The number of carbonyl (C=O) groups excluding carboxylic acids is 4. The molecule has 0 fully saturated rings. The van der Waals surface area contributed by atoms with Crippen LogP contribution in [0.25, 0.3) is 0 Å². The lowest BCUT2D eigenvalue weighted by Crippen LogP contribution is -2.46. The molecule has 3 N–H and O–H groups in total. The zero-order valence-electron chi connectivity index (χ0n) is 15.2. The van der Waals surface area contributed by atoms with Crippen LogP contribution >= 0.6 is 11.8 Å². The van der Waals surface area contributed by atoms with E-state index in [1.165, 1.54) is 31.2 Å². The van der Waals surface area contributed by atoms with Crippen molar-refractivity contribution in [3.63, 3.8) is 0 Å². The van der Waals surface area contributed by atoms with Gasteiger partial charge < -0.3 is 15.4 Å². The predicted octanol–water partition coefficient (Wildman–Crippen LogP) is 1.66. The molecule has 1 aromatic carbocycles. The Labute approximate surface area is 160 Å². The van der Waals surface area contributed by atoms with Gasteiger partial charge in [0.25, 0.3) is 5.91 Å². The minimum absolute atomic E-state index is 0.0240. The lowest BCUT2D eigenvalue weighted by atomic mass is 10.3. The summed E-state index contributed by atoms with van der Waals surface area (Å²) in [4.78, 5) is 46.6. The average molecular weight is 399 g/mol. The molecule has 27 heavy (non-hydrogen) atoms. The fraction of sp³-hybridized carbons (Fsp3) is 0.412. The largest absolute Gasteiger partial charge is 0.452 e. The molecule has 0 saturated carbocycles. The highest BCUT2D eigenvalue weighted by atomic mass is 32.2. The molecular formula is C17H22FN3O5S. The summed E-state index contributed by atoms with van der Waals surface area (Å²) in [6, 6.07) is 4.45. The van der Waals surface area contributed by atoms with E-state index in [1.807, 2.05) is 0 Å². The first-order chi connectivity index (χ1) is 12.7. The molecule has 0 aliphatic heterocycles. The van der Waals surface area contributed by atoms with Crippen LogP contribution in [0, 0.1) is 5.82 Å². The van der Waals surface area contributed by atoms with Gasteiger partial charge in [0.05, 0.1) is 11.5 Å². The molecule has 1 rings (SSSR count). The molecule has 0 bridgehead atoms. The minimum Gasteiger partial charge on any atom is -0.452 e. The number of anilines is 1. The summed E-state index contributed by atoms with van der Waals surface area (Å²) >= 11 is 0.996. The number of hydrogen-bond donors (Lipinski definition) is 3. The molecule has 0 unspecified atom stereocenters. The maximum absolute atomic E-state index is 12.8. The Kier molecular flexibility index (Phi) is 9.27. The van der Waals surface area contributed by atoms with Crippen molar-refractivity contribution in [2.45, 2.75) is 32.9 Å². The lowest BCUT2D eigenvalue weighted by molar-refractivity contribution is -0.151. The number of thioether (sulfide) groups is 1. The third-order valence-electron chi connectivity index (χ3n) is 2.91. The van der Waals surface area contributed by atoms with Gasteiger partial charge >= 0.3 is 12.0 Å². The highest BCUT2D eigenvalue weighted by Gasteiger charge is 2.20. The number of urea groups is 1. The van der Waals surface area contributed by atoms with E-state index in [4.69, 9.17) is 4.74 Å². The Hall–Kier alpha value is -2.62. The number of benzene rings is 1. The van der Waals surface area contributed by atoms with E-state index in [0.717, 1.165) is 11.8 Å². The average Bonchev–Trinajstić information content (AvgIpc) is 2.56. The van der Waals surface area contributed by atoms with Crippen molar-refractivity contribution in [2.75, 3.05) is 16.8 Å². The first kappa shape index (κ1) is 22.4. The van der Waals surface area contributed by atoms with Crippen molar-refractivity contribution in [1.29, 1.82) is 0 Å². The van der Waals surface area contributed by atoms with Crippen molar-refractivity contribution in [3.8, 4) is 0 Å². The van der Waals surface area contributed by atoms with E-state index in [-0.39, 0.29) is 23.5 Å². The van der Waals surface area contributed by atoms with Crippen LogP contribution in [0.2, 0.25) is 0 Å². The SMILES string of the molecule is CC(C)NC(=O)NC(=O)[C@@H](C)OC(=O)CSCC(=O)Nc1ccc(F)cc1. The van der Waals surface area contributed by atoms with Gasteiger partial charge in [-0.1, -0.05) is 0 Å². The molecule has 0 heterocycles. The van der Waals surface area contributed by atoms with Gasteiger partial charge in [-0.15, -0.1) is 11.8 Å². The molecule has 0 aliphatic carbocycles. The van der Waals surface area contributed by atoms with Gasteiger partial charge in [-0.3, -0.25) is 19.7 Å². The molecular weight excluding hydrogens is 377 g/mol. The van der Waals surface area contributed by atoms with Gasteiger partial charge in [-0.2, -0.15) is 0 Å². The van der Waals surface area contributed by atoms with Crippen LogP contribution in [0.15, 0.2) is 24.3 Å². The summed E-state index contributed by atoms with van der Waals surface area (Å²) in [5.74, 6) is -2.39. The van der Waals surface area contributed by atoms with E-state index in [9.17, 15) is 23.6 Å². The molecule has 0 aromatic heterocycles. The monoisotopic (exact) mass is 399 g/mol. The second-order valence-corrected chi connectivity index (χ2v) is 6.78. The van der Waals surface area contributed by atoms with Crippen molar-refractivity contribution in [1.82, 2.24) is 10.6 Å². The van der Waals surface area contributed by atoms with Crippen LogP contribution in [0.3, 0.4) is 0 Å². The Morgan fingerprint density at radius 2 is 1.70 bits per heavy atom. The zero-order valence-corrected chi connectivity index (χ0v) is 16.0. The van der Waals surface area contributed by atoms with E-state index in [2.05, 4.69) is 16.0 Å². The molecule has 0 spiro atoms. The van der Waals surface area contributed by atoms with E-state index in [0.29, 0.717) is 5.69 Å². The summed E-state index contributed by atoms with van der Waals surface area (Å²) in [7, 11) is 0. The highest BCUT2D eigenvalue weighted by molar-refractivity contribution is 8.00. The predicted molar refractivity (Wildman–Crippen MR) is 99.7 cm³/mol. The minimum atomic E-state index is -1.15. The van der Waals surface area contributed by atoms with Gasteiger partial charge in [0.15, 0.2) is 6.10 Å². The Balaban J connectivity index is 2.27. The number of amides is 4. The second kappa shape index (κ2) is 11.2. The summed E-state index contributed by atoms with van der Waals surface area (Å²) in [6.45, 7) is 4.80. The van der Waals surface area contributed by atoms with Gasteiger partial charge in [0, 0.05) is 11.7 Å². The van der Waals surface area contributed by atoms with Crippen LogP contribution in [0.1, 0.15) is 20.8 Å². The molecule has 1 atom stereocenters. The Morgan fingerprint density at radius 3 is 2.30 bits per heavy atom. The molecule has 4 amide bonds. The molecule has 0 radical (unpaired) electrons. The number of ether oxygens (including phenoxy) is 1. The van der Waals surface area contributed by atoms with Crippen LogP contribution in [-0.4, -0.2) is 47.5 Å². The third kappa shape index (κ3) is 9.59. The fourth-order valence-electron chi connectivity index (χ4n) is 1.75. The lowest BCUT2D eigenvalue weighted by Gasteiger charge is -2.14. The van der Waals surface area contributed by atoms with Gasteiger partial charge in [-0.05, 0) is 45.0 Å². The van der Waals surface area contributed by atoms with Crippen molar-refractivity contribution in [3.05, 3.63) is 30.1 Å². The summed E-state index contributed by atoms with van der Waals surface area (Å²) in [5.41, 5.74) is 0.439. The molecule has 0 saturated heterocycles.